The van der Waals surface area contributed by atoms with Crippen molar-refractivity contribution in [3.05, 3.63) is 48.0 Å². The minimum absolute atomic E-state index is 0.488. The van der Waals surface area contributed by atoms with Gasteiger partial charge in [-0.25, -0.2) is 0 Å². The lowest BCUT2D eigenvalue weighted by Crippen LogP contribution is -1.95. The lowest BCUT2D eigenvalue weighted by Gasteiger charge is -2.10. The second kappa shape index (κ2) is 4.87. The summed E-state index contributed by atoms with van der Waals surface area (Å²) in [7, 11) is 0. The smallest absolute Gasteiger partial charge is 0.127 e. The molecule has 0 saturated carbocycles. The zero-order chi connectivity index (χ0) is 10.6. The molecule has 0 radical (unpaired) electrons. The van der Waals surface area contributed by atoms with Gasteiger partial charge in [0, 0.05) is 10.6 Å². The SMILES string of the molecule is C=CCOc1ccc(Cl)cc1C(=C)C. The second-order valence-corrected chi connectivity index (χ2v) is 3.46. The van der Waals surface area contributed by atoms with Crippen LogP contribution in [0.4, 0.5) is 0 Å². The first-order valence-corrected chi connectivity index (χ1v) is 4.72. The van der Waals surface area contributed by atoms with Crippen molar-refractivity contribution < 1.29 is 4.74 Å². The Morgan fingerprint density at radius 3 is 2.86 bits per heavy atom. The maximum Gasteiger partial charge on any atom is 0.127 e. The zero-order valence-corrected chi connectivity index (χ0v) is 8.97. The van der Waals surface area contributed by atoms with E-state index >= 15 is 0 Å². The predicted molar refractivity (Wildman–Crippen MR) is 61.9 cm³/mol. The van der Waals surface area contributed by atoms with Gasteiger partial charge in [0.15, 0.2) is 0 Å². The van der Waals surface area contributed by atoms with E-state index < -0.39 is 0 Å². The second-order valence-electron chi connectivity index (χ2n) is 3.02. The minimum Gasteiger partial charge on any atom is -0.489 e. The molecule has 1 aromatic rings. The van der Waals surface area contributed by atoms with Crippen molar-refractivity contribution in [3.63, 3.8) is 0 Å². The number of hydrogen-bond donors (Lipinski definition) is 0. The number of hydrogen-bond acceptors (Lipinski definition) is 1. The van der Waals surface area contributed by atoms with Gasteiger partial charge in [-0.1, -0.05) is 30.8 Å². The van der Waals surface area contributed by atoms with Crippen LogP contribution in [-0.4, -0.2) is 6.61 Å². The van der Waals surface area contributed by atoms with Gasteiger partial charge in [-0.2, -0.15) is 0 Å². The highest BCUT2D eigenvalue weighted by Crippen LogP contribution is 2.27. The fourth-order valence-corrected chi connectivity index (χ4v) is 1.28. The molecule has 0 atom stereocenters. The maximum atomic E-state index is 5.88. The molecule has 1 rings (SSSR count). The number of benzene rings is 1. The van der Waals surface area contributed by atoms with Crippen LogP contribution in [0, 0.1) is 0 Å². The molecule has 74 valence electrons. The van der Waals surface area contributed by atoms with E-state index in [1.807, 2.05) is 19.1 Å². The summed E-state index contributed by atoms with van der Waals surface area (Å²) < 4.78 is 5.47. The van der Waals surface area contributed by atoms with Crippen molar-refractivity contribution in [1.29, 1.82) is 0 Å². The summed E-state index contributed by atoms with van der Waals surface area (Å²) in [5.74, 6) is 0.793. The van der Waals surface area contributed by atoms with Gasteiger partial charge >= 0.3 is 0 Å². The van der Waals surface area contributed by atoms with Crippen LogP contribution in [0.25, 0.3) is 5.57 Å². The normalized spacial score (nSPS) is 9.57. The van der Waals surface area contributed by atoms with Gasteiger partial charge in [0.1, 0.15) is 12.4 Å². The molecule has 0 aliphatic heterocycles. The van der Waals surface area contributed by atoms with Crippen LogP contribution in [0.5, 0.6) is 5.75 Å². The zero-order valence-electron chi connectivity index (χ0n) is 8.22. The van der Waals surface area contributed by atoms with Crippen molar-refractivity contribution in [2.75, 3.05) is 6.61 Å². The molecule has 2 heteroatoms. The number of ether oxygens (including phenoxy) is 1. The Hall–Kier alpha value is -1.21. The highest BCUT2D eigenvalue weighted by Gasteiger charge is 2.04. The third kappa shape index (κ3) is 2.64. The lowest BCUT2D eigenvalue weighted by molar-refractivity contribution is 0.362. The van der Waals surface area contributed by atoms with Crippen LogP contribution in [0.15, 0.2) is 37.4 Å². The quantitative estimate of drug-likeness (QED) is 0.682. The van der Waals surface area contributed by atoms with Gasteiger partial charge in [-0.3, -0.25) is 0 Å². The molecule has 0 aliphatic carbocycles. The molecule has 0 heterocycles. The van der Waals surface area contributed by atoms with Gasteiger partial charge in [0.25, 0.3) is 0 Å². The summed E-state index contributed by atoms with van der Waals surface area (Å²) in [5.41, 5.74) is 1.88. The van der Waals surface area contributed by atoms with Crippen LogP contribution >= 0.6 is 11.6 Å². The van der Waals surface area contributed by atoms with E-state index in [1.54, 1.807) is 12.1 Å². The molecule has 0 aromatic heterocycles. The van der Waals surface area contributed by atoms with Crippen molar-refractivity contribution in [1.82, 2.24) is 0 Å². The Kier molecular flexibility index (Phi) is 3.78. The van der Waals surface area contributed by atoms with E-state index in [2.05, 4.69) is 13.2 Å². The molecule has 0 aliphatic rings. The topological polar surface area (TPSA) is 9.23 Å². The fraction of sp³-hybridized carbons (Fsp3) is 0.167. The Morgan fingerprint density at radius 2 is 2.29 bits per heavy atom. The molecule has 1 nitrogen and oxygen atoms in total. The summed E-state index contributed by atoms with van der Waals surface area (Å²) in [6.45, 7) is 9.88. The summed E-state index contributed by atoms with van der Waals surface area (Å²) in [6.07, 6.45) is 1.71. The van der Waals surface area contributed by atoms with Gasteiger partial charge < -0.3 is 4.74 Å². The minimum atomic E-state index is 0.488. The largest absolute Gasteiger partial charge is 0.489 e. The van der Waals surface area contributed by atoms with E-state index in [0.717, 1.165) is 16.9 Å². The molecule has 14 heavy (non-hydrogen) atoms. The first-order chi connectivity index (χ1) is 6.65. The Labute approximate surface area is 89.7 Å². The Bertz CT molecular complexity index is 355. The summed E-state index contributed by atoms with van der Waals surface area (Å²) >= 11 is 5.88. The first-order valence-electron chi connectivity index (χ1n) is 4.34. The summed E-state index contributed by atoms with van der Waals surface area (Å²) in [4.78, 5) is 0. The number of allylic oxidation sites excluding steroid dienone is 1. The Balaban J connectivity index is 3.01. The molecule has 0 spiro atoms. The molecule has 1 aromatic carbocycles. The van der Waals surface area contributed by atoms with E-state index in [4.69, 9.17) is 16.3 Å². The molecular formula is C12H13ClO. The standard InChI is InChI=1S/C12H13ClO/c1-4-7-14-12-6-5-10(13)8-11(12)9(2)3/h4-6,8H,1-2,7H2,3H3. The van der Waals surface area contributed by atoms with Crippen LogP contribution in [0.2, 0.25) is 5.02 Å². The van der Waals surface area contributed by atoms with Gasteiger partial charge in [0.05, 0.1) is 0 Å². The molecule has 0 unspecified atom stereocenters. The van der Waals surface area contributed by atoms with E-state index in [0.29, 0.717) is 11.6 Å². The van der Waals surface area contributed by atoms with E-state index in [-0.39, 0.29) is 0 Å². The maximum absolute atomic E-state index is 5.88. The van der Waals surface area contributed by atoms with Crippen LogP contribution < -0.4 is 4.74 Å². The number of halogens is 1. The van der Waals surface area contributed by atoms with Gasteiger partial charge in [-0.05, 0) is 30.7 Å². The molecule has 0 bridgehead atoms. The highest BCUT2D eigenvalue weighted by atomic mass is 35.5. The fourth-order valence-electron chi connectivity index (χ4n) is 1.11. The molecule has 0 fully saturated rings. The van der Waals surface area contributed by atoms with Gasteiger partial charge in [0.2, 0.25) is 0 Å². The Morgan fingerprint density at radius 1 is 1.57 bits per heavy atom. The van der Waals surface area contributed by atoms with Crippen molar-refractivity contribution in [2.45, 2.75) is 6.92 Å². The molecule has 0 saturated heterocycles. The summed E-state index contributed by atoms with van der Waals surface area (Å²) in [5, 5.41) is 0.689. The van der Waals surface area contributed by atoms with Gasteiger partial charge in [-0.15, -0.1) is 0 Å². The monoisotopic (exact) mass is 208 g/mol. The van der Waals surface area contributed by atoms with Crippen LogP contribution in [0.1, 0.15) is 12.5 Å². The third-order valence-electron chi connectivity index (χ3n) is 1.76. The number of rotatable bonds is 4. The lowest BCUT2D eigenvalue weighted by atomic mass is 10.1. The molecule has 0 N–H and O–H groups in total. The van der Waals surface area contributed by atoms with Crippen LogP contribution in [0.3, 0.4) is 0 Å². The first kappa shape index (κ1) is 10.9. The average Bonchev–Trinajstić information content (AvgIpc) is 2.15. The predicted octanol–water partition coefficient (Wildman–Crippen LogP) is 3.94. The average molecular weight is 209 g/mol. The van der Waals surface area contributed by atoms with Crippen molar-refractivity contribution in [3.8, 4) is 5.75 Å². The van der Waals surface area contributed by atoms with Crippen LogP contribution in [-0.2, 0) is 0 Å². The van der Waals surface area contributed by atoms with E-state index in [1.165, 1.54) is 0 Å². The molecular weight excluding hydrogens is 196 g/mol. The molecule has 0 amide bonds. The van der Waals surface area contributed by atoms with Crippen molar-refractivity contribution >= 4 is 17.2 Å². The highest BCUT2D eigenvalue weighted by molar-refractivity contribution is 6.30. The summed E-state index contributed by atoms with van der Waals surface area (Å²) in [6, 6.07) is 5.49. The third-order valence-corrected chi connectivity index (χ3v) is 1.99. The van der Waals surface area contributed by atoms with E-state index in [9.17, 15) is 0 Å². The van der Waals surface area contributed by atoms with Crippen molar-refractivity contribution in [2.24, 2.45) is 0 Å².